The highest BCUT2D eigenvalue weighted by Gasteiger charge is 2.39. The number of carbonyl (C=O) groups excluding carboxylic acids is 3. The van der Waals surface area contributed by atoms with E-state index in [1.54, 1.807) is 24.3 Å². The highest BCUT2D eigenvalue weighted by Crippen LogP contribution is 2.30. The number of imide groups is 1. The number of amides is 3. The van der Waals surface area contributed by atoms with E-state index in [9.17, 15) is 14.4 Å². The van der Waals surface area contributed by atoms with E-state index in [4.69, 9.17) is 0 Å². The Morgan fingerprint density at radius 3 is 2.64 bits per heavy atom. The summed E-state index contributed by atoms with van der Waals surface area (Å²) in [6, 6.07) is 14.8. The molecular formula is C20H20N2O3. The molecule has 0 aromatic heterocycles. The maximum absolute atomic E-state index is 12.8. The van der Waals surface area contributed by atoms with Crippen molar-refractivity contribution < 1.29 is 14.4 Å². The minimum Gasteiger partial charge on any atom is -0.326 e. The van der Waals surface area contributed by atoms with Gasteiger partial charge in [-0.3, -0.25) is 19.3 Å². The van der Waals surface area contributed by atoms with Crippen LogP contribution in [-0.4, -0.2) is 17.7 Å². The summed E-state index contributed by atoms with van der Waals surface area (Å²) >= 11 is 0. The largest absolute Gasteiger partial charge is 0.326 e. The molecule has 1 N–H and O–H groups in total. The Bertz CT molecular complexity index is 844. The van der Waals surface area contributed by atoms with Crippen LogP contribution in [-0.2, 0) is 20.8 Å². The summed E-state index contributed by atoms with van der Waals surface area (Å²) in [7, 11) is 0. The first kappa shape index (κ1) is 16.9. The molecule has 5 nitrogen and oxygen atoms in total. The van der Waals surface area contributed by atoms with Gasteiger partial charge in [-0.25, -0.2) is 0 Å². The normalized spacial score (nSPS) is 17.0. The van der Waals surface area contributed by atoms with Crippen molar-refractivity contribution >= 4 is 29.1 Å². The van der Waals surface area contributed by atoms with Crippen LogP contribution in [0.15, 0.2) is 48.5 Å². The zero-order chi connectivity index (χ0) is 18.0. The van der Waals surface area contributed by atoms with Crippen LogP contribution in [0.3, 0.4) is 0 Å². The summed E-state index contributed by atoms with van der Waals surface area (Å²) < 4.78 is 0. The Hall–Kier alpha value is -2.95. The number of rotatable bonds is 4. The molecule has 5 heteroatoms. The number of aryl methyl sites for hydroxylation is 1. The quantitative estimate of drug-likeness (QED) is 0.873. The maximum Gasteiger partial charge on any atom is 0.237 e. The summed E-state index contributed by atoms with van der Waals surface area (Å²) in [6.07, 6.45) is 0.755. The van der Waals surface area contributed by atoms with Crippen molar-refractivity contribution in [3.63, 3.8) is 0 Å². The number of benzene rings is 2. The second kappa shape index (κ2) is 6.89. The minimum atomic E-state index is -0.348. The SMILES string of the molecule is CC(=O)Nc1cccc(N2C(=O)CC(Cc3cccc(C)c3)C2=O)c1. The van der Waals surface area contributed by atoms with Gasteiger partial charge in [0.25, 0.3) is 0 Å². The molecule has 0 saturated carbocycles. The van der Waals surface area contributed by atoms with E-state index in [-0.39, 0.29) is 30.1 Å². The first-order valence-corrected chi connectivity index (χ1v) is 8.24. The summed E-state index contributed by atoms with van der Waals surface area (Å²) in [6.45, 7) is 3.42. The van der Waals surface area contributed by atoms with Crippen molar-refractivity contribution in [2.45, 2.75) is 26.7 Å². The third kappa shape index (κ3) is 3.76. The van der Waals surface area contributed by atoms with Crippen molar-refractivity contribution in [3.05, 3.63) is 59.7 Å². The average Bonchev–Trinajstić information content (AvgIpc) is 2.81. The van der Waals surface area contributed by atoms with Gasteiger partial charge in [0.1, 0.15) is 0 Å². The molecule has 3 amide bonds. The molecule has 1 atom stereocenters. The number of carbonyl (C=O) groups is 3. The van der Waals surface area contributed by atoms with E-state index in [0.29, 0.717) is 17.8 Å². The second-order valence-electron chi connectivity index (χ2n) is 6.39. The lowest BCUT2D eigenvalue weighted by Gasteiger charge is -2.16. The summed E-state index contributed by atoms with van der Waals surface area (Å²) in [4.78, 5) is 37.6. The lowest BCUT2D eigenvalue weighted by Crippen LogP contribution is -2.30. The van der Waals surface area contributed by atoms with Crippen LogP contribution in [0.4, 0.5) is 11.4 Å². The van der Waals surface area contributed by atoms with E-state index in [1.165, 1.54) is 11.8 Å². The van der Waals surface area contributed by atoms with Crippen molar-refractivity contribution in [2.24, 2.45) is 5.92 Å². The van der Waals surface area contributed by atoms with E-state index >= 15 is 0 Å². The molecule has 0 aliphatic carbocycles. The van der Waals surface area contributed by atoms with E-state index in [1.807, 2.05) is 31.2 Å². The molecule has 2 aromatic rings. The van der Waals surface area contributed by atoms with Crippen LogP contribution in [0.25, 0.3) is 0 Å². The minimum absolute atomic E-state index is 0.188. The zero-order valence-electron chi connectivity index (χ0n) is 14.3. The fourth-order valence-corrected chi connectivity index (χ4v) is 3.18. The highest BCUT2D eigenvalue weighted by atomic mass is 16.2. The van der Waals surface area contributed by atoms with Crippen LogP contribution in [0, 0.1) is 12.8 Å². The monoisotopic (exact) mass is 336 g/mol. The molecule has 0 radical (unpaired) electrons. The van der Waals surface area contributed by atoms with E-state index < -0.39 is 0 Å². The number of nitrogens with one attached hydrogen (secondary N) is 1. The van der Waals surface area contributed by atoms with Gasteiger partial charge in [0.15, 0.2) is 0 Å². The summed E-state index contributed by atoms with van der Waals surface area (Å²) in [5, 5.41) is 2.67. The highest BCUT2D eigenvalue weighted by molar-refractivity contribution is 6.21. The van der Waals surface area contributed by atoms with Gasteiger partial charge < -0.3 is 5.32 Å². The molecule has 1 unspecified atom stereocenters. The van der Waals surface area contributed by atoms with Gasteiger partial charge in [0.05, 0.1) is 11.6 Å². The Kier molecular flexibility index (Phi) is 4.65. The van der Waals surface area contributed by atoms with Gasteiger partial charge in [-0.1, -0.05) is 35.9 Å². The molecule has 128 valence electrons. The predicted molar refractivity (Wildman–Crippen MR) is 96.2 cm³/mol. The molecule has 0 spiro atoms. The predicted octanol–water partition coefficient (Wildman–Crippen LogP) is 3.08. The van der Waals surface area contributed by atoms with Crippen LogP contribution in [0.5, 0.6) is 0 Å². The van der Waals surface area contributed by atoms with Gasteiger partial charge in [-0.2, -0.15) is 0 Å². The topological polar surface area (TPSA) is 66.5 Å². The average molecular weight is 336 g/mol. The molecule has 1 saturated heterocycles. The second-order valence-corrected chi connectivity index (χ2v) is 6.39. The fourth-order valence-electron chi connectivity index (χ4n) is 3.18. The lowest BCUT2D eigenvalue weighted by atomic mass is 9.97. The number of hydrogen-bond acceptors (Lipinski definition) is 3. The molecule has 0 bridgehead atoms. The Labute approximate surface area is 146 Å². The first-order chi connectivity index (χ1) is 11.9. The van der Waals surface area contributed by atoms with Gasteiger partial charge in [-0.05, 0) is 37.1 Å². The zero-order valence-corrected chi connectivity index (χ0v) is 14.3. The molecule has 1 aliphatic rings. The van der Waals surface area contributed by atoms with Crippen molar-refractivity contribution in [1.29, 1.82) is 0 Å². The third-order valence-electron chi connectivity index (χ3n) is 4.23. The van der Waals surface area contributed by atoms with Crippen LogP contribution >= 0.6 is 0 Å². The van der Waals surface area contributed by atoms with E-state index in [2.05, 4.69) is 5.32 Å². The summed E-state index contributed by atoms with van der Waals surface area (Å²) in [5.41, 5.74) is 3.25. The first-order valence-electron chi connectivity index (χ1n) is 8.24. The number of nitrogens with zero attached hydrogens (tertiary/aromatic N) is 1. The van der Waals surface area contributed by atoms with Crippen LogP contribution in [0.2, 0.25) is 0 Å². The number of anilines is 2. The molecule has 1 aliphatic heterocycles. The Morgan fingerprint density at radius 2 is 1.92 bits per heavy atom. The lowest BCUT2D eigenvalue weighted by molar-refractivity contribution is -0.122. The van der Waals surface area contributed by atoms with Gasteiger partial charge in [-0.15, -0.1) is 0 Å². The molecule has 25 heavy (non-hydrogen) atoms. The molecule has 2 aromatic carbocycles. The van der Waals surface area contributed by atoms with Gasteiger partial charge >= 0.3 is 0 Å². The molecule has 1 heterocycles. The van der Waals surface area contributed by atoms with Gasteiger partial charge in [0.2, 0.25) is 17.7 Å². The van der Waals surface area contributed by atoms with Gasteiger partial charge in [0, 0.05) is 19.0 Å². The number of hydrogen-bond donors (Lipinski definition) is 1. The van der Waals surface area contributed by atoms with Crippen LogP contribution < -0.4 is 10.2 Å². The molecule has 1 fully saturated rings. The van der Waals surface area contributed by atoms with E-state index in [0.717, 1.165) is 11.1 Å². The summed E-state index contributed by atoms with van der Waals surface area (Å²) in [5.74, 6) is -0.943. The smallest absolute Gasteiger partial charge is 0.237 e. The van der Waals surface area contributed by atoms with Crippen molar-refractivity contribution in [3.8, 4) is 0 Å². The third-order valence-corrected chi connectivity index (χ3v) is 4.23. The molecular weight excluding hydrogens is 316 g/mol. The van der Waals surface area contributed by atoms with Crippen LogP contribution in [0.1, 0.15) is 24.5 Å². The Balaban J connectivity index is 1.80. The standard InChI is InChI=1S/C20H20N2O3/c1-13-5-3-6-15(9-13)10-16-11-19(24)22(20(16)25)18-8-4-7-17(12-18)21-14(2)23/h3-9,12,16H,10-11H2,1-2H3,(H,21,23). The van der Waals surface area contributed by atoms with Crippen molar-refractivity contribution in [2.75, 3.05) is 10.2 Å². The maximum atomic E-state index is 12.8. The van der Waals surface area contributed by atoms with Crippen molar-refractivity contribution in [1.82, 2.24) is 0 Å². The molecule has 3 rings (SSSR count). The Morgan fingerprint density at radius 1 is 1.16 bits per heavy atom. The fraction of sp³-hybridized carbons (Fsp3) is 0.250.